The molecule has 0 radical (unpaired) electrons. The lowest BCUT2D eigenvalue weighted by atomic mass is 10.1. The van der Waals surface area contributed by atoms with Crippen LogP contribution < -0.4 is 5.32 Å². The standard InChI is InChI=1S/C17H11F2N3O3/c18-10-4-2-5-11(19)15(10)17(25)22-14-8-20-12(7-21-14)9-3-1-6-13(23)16(9)24/h1-8,23-24H,(H,21,22,25). The Labute approximate surface area is 140 Å². The van der Waals surface area contributed by atoms with Crippen molar-refractivity contribution >= 4 is 11.7 Å². The summed E-state index contributed by atoms with van der Waals surface area (Å²) in [7, 11) is 0. The Morgan fingerprint density at radius 3 is 2.28 bits per heavy atom. The summed E-state index contributed by atoms with van der Waals surface area (Å²) in [6.45, 7) is 0. The molecule has 0 spiro atoms. The predicted molar refractivity (Wildman–Crippen MR) is 85.1 cm³/mol. The van der Waals surface area contributed by atoms with Gasteiger partial charge < -0.3 is 15.5 Å². The van der Waals surface area contributed by atoms with Crippen LogP contribution in [0.5, 0.6) is 11.5 Å². The molecular formula is C17H11F2N3O3. The lowest BCUT2D eigenvalue weighted by Gasteiger charge is -2.08. The number of phenols is 2. The number of benzene rings is 2. The first-order valence-corrected chi connectivity index (χ1v) is 7.06. The Hall–Kier alpha value is -3.55. The summed E-state index contributed by atoms with van der Waals surface area (Å²) in [5, 5.41) is 21.5. The molecule has 0 aliphatic heterocycles. The molecule has 8 heteroatoms. The molecule has 126 valence electrons. The quantitative estimate of drug-likeness (QED) is 0.635. The highest BCUT2D eigenvalue weighted by Crippen LogP contribution is 2.34. The first kappa shape index (κ1) is 16.3. The minimum atomic E-state index is -1.00. The Bertz CT molecular complexity index is 926. The molecule has 3 aromatic rings. The van der Waals surface area contributed by atoms with Crippen LogP contribution in [0.1, 0.15) is 10.4 Å². The summed E-state index contributed by atoms with van der Waals surface area (Å²) in [5.74, 6) is -3.69. The van der Waals surface area contributed by atoms with E-state index in [2.05, 4.69) is 15.3 Å². The molecule has 0 saturated carbocycles. The fraction of sp³-hybridized carbons (Fsp3) is 0. The van der Waals surface area contributed by atoms with Crippen molar-refractivity contribution in [2.24, 2.45) is 0 Å². The van der Waals surface area contributed by atoms with Crippen molar-refractivity contribution in [2.45, 2.75) is 0 Å². The van der Waals surface area contributed by atoms with Crippen LogP contribution >= 0.6 is 0 Å². The molecule has 0 unspecified atom stereocenters. The first-order chi connectivity index (χ1) is 12.0. The van der Waals surface area contributed by atoms with Crippen LogP contribution in [0, 0.1) is 11.6 Å². The number of phenolic OH excluding ortho intramolecular Hbond substituents is 2. The van der Waals surface area contributed by atoms with Gasteiger partial charge >= 0.3 is 0 Å². The fourth-order valence-electron chi connectivity index (χ4n) is 2.16. The van der Waals surface area contributed by atoms with E-state index in [1.54, 1.807) is 0 Å². The molecule has 0 aliphatic rings. The Balaban J connectivity index is 1.84. The van der Waals surface area contributed by atoms with Crippen molar-refractivity contribution in [1.82, 2.24) is 9.97 Å². The van der Waals surface area contributed by atoms with E-state index in [0.29, 0.717) is 0 Å². The predicted octanol–water partition coefficient (Wildman–Crippen LogP) is 3.09. The van der Waals surface area contributed by atoms with E-state index in [0.717, 1.165) is 24.4 Å². The van der Waals surface area contributed by atoms with Crippen molar-refractivity contribution in [2.75, 3.05) is 5.32 Å². The largest absolute Gasteiger partial charge is 0.504 e. The second kappa shape index (κ2) is 6.52. The average molecular weight is 343 g/mol. The number of carbonyl (C=O) groups is 1. The summed E-state index contributed by atoms with van der Waals surface area (Å²) < 4.78 is 27.2. The minimum Gasteiger partial charge on any atom is -0.504 e. The number of anilines is 1. The number of hydrogen-bond donors (Lipinski definition) is 3. The van der Waals surface area contributed by atoms with Gasteiger partial charge in [-0.3, -0.25) is 9.78 Å². The number of aromatic nitrogens is 2. The van der Waals surface area contributed by atoms with Crippen LogP contribution in [0.3, 0.4) is 0 Å². The molecule has 25 heavy (non-hydrogen) atoms. The van der Waals surface area contributed by atoms with Gasteiger partial charge in [0.1, 0.15) is 17.2 Å². The molecular weight excluding hydrogens is 332 g/mol. The van der Waals surface area contributed by atoms with Gasteiger partial charge in [-0.2, -0.15) is 0 Å². The van der Waals surface area contributed by atoms with E-state index < -0.39 is 23.1 Å². The minimum absolute atomic E-state index is 0.0314. The number of nitrogens with zero attached hydrogens (tertiary/aromatic N) is 2. The van der Waals surface area contributed by atoms with Gasteiger partial charge in [-0.1, -0.05) is 12.1 Å². The van der Waals surface area contributed by atoms with Crippen LogP contribution in [0.15, 0.2) is 48.8 Å². The second-order valence-electron chi connectivity index (χ2n) is 5.01. The monoisotopic (exact) mass is 343 g/mol. The number of amides is 1. The summed E-state index contributed by atoms with van der Waals surface area (Å²) in [5.41, 5.74) is -0.243. The highest BCUT2D eigenvalue weighted by molar-refractivity contribution is 6.04. The summed E-state index contributed by atoms with van der Waals surface area (Å²) in [6.07, 6.45) is 2.40. The molecule has 0 bridgehead atoms. The highest BCUT2D eigenvalue weighted by atomic mass is 19.1. The molecule has 0 fully saturated rings. The molecule has 1 heterocycles. The van der Waals surface area contributed by atoms with E-state index in [4.69, 9.17) is 0 Å². The van der Waals surface area contributed by atoms with E-state index in [9.17, 15) is 23.8 Å². The Morgan fingerprint density at radius 1 is 0.960 bits per heavy atom. The molecule has 0 saturated heterocycles. The summed E-state index contributed by atoms with van der Waals surface area (Å²) in [4.78, 5) is 19.9. The third kappa shape index (κ3) is 3.23. The van der Waals surface area contributed by atoms with Crippen molar-refractivity contribution < 1.29 is 23.8 Å². The van der Waals surface area contributed by atoms with Gasteiger partial charge in [-0.05, 0) is 24.3 Å². The third-order valence-corrected chi connectivity index (χ3v) is 3.37. The maximum atomic E-state index is 13.6. The normalized spacial score (nSPS) is 10.5. The van der Waals surface area contributed by atoms with Gasteiger partial charge in [0.05, 0.1) is 18.1 Å². The summed E-state index contributed by atoms with van der Waals surface area (Å²) in [6, 6.07) is 7.44. The Kier molecular flexibility index (Phi) is 4.25. The van der Waals surface area contributed by atoms with E-state index in [1.165, 1.54) is 24.4 Å². The molecule has 1 amide bonds. The lowest BCUT2D eigenvalue weighted by molar-refractivity contribution is 0.101. The van der Waals surface area contributed by atoms with Crippen molar-refractivity contribution in [3.8, 4) is 22.8 Å². The molecule has 2 aromatic carbocycles. The zero-order valence-corrected chi connectivity index (χ0v) is 12.6. The number of nitrogens with one attached hydrogen (secondary N) is 1. The van der Waals surface area contributed by atoms with Crippen molar-refractivity contribution in [1.29, 1.82) is 0 Å². The smallest absolute Gasteiger partial charge is 0.262 e. The van der Waals surface area contributed by atoms with E-state index in [-0.39, 0.29) is 28.6 Å². The lowest BCUT2D eigenvalue weighted by Crippen LogP contribution is -2.16. The van der Waals surface area contributed by atoms with Crippen LogP contribution in [0.25, 0.3) is 11.3 Å². The topological polar surface area (TPSA) is 95.3 Å². The number of para-hydroxylation sites is 1. The van der Waals surface area contributed by atoms with Gasteiger partial charge in [0.15, 0.2) is 17.3 Å². The number of halogens is 2. The molecule has 3 rings (SSSR count). The van der Waals surface area contributed by atoms with Crippen LogP contribution in [0.4, 0.5) is 14.6 Å². The molecule has 0 aliphatic carbocycles. The van der Waals surface area contributed by atoms with Gasteiger partial charge in [0.2, 0.25) is 0 Å². The van der Waals surface area contributed by atoms with E-state index in [1.807, 2.05) is 0 Å². The van der Waals surface area contributed by atoms with Gasteiger partial charge in [-0.25, -0.2) is 13.8 Å². The van der Waals surface area contributed by atoms with Crippen molar-refractivity contribution in [3.05, 3.63) is 66.0 Å². The first-order valence-electron chi connectivity index (χ1n) is 7.06. The molecule has 6 nitrogen and oxygen atoms in total. The zero-order valence-electron chi connectivity index (χ0n) is 12.6. The van der Waals surface area contributed by atoms with Crippen LogP contribution in [-0.2, 0) is 0 Å². The molecule has 0 atom stereocenters. The Morgan fingerprint density at radius 2 is 1.64 bits per heavy atom. The SMILES string of the molecule is O=C(Nc1cnc(-c2cccc(O)c2O)cn1)c1c(F)cccc1F. The maximum Gasteiger partial charge on any atom is 0.262 e. The van der Waals surface area contributed by atoms with Crippen LogP contribution in [0.2, 0.25) is 0 Å². The maximum absolute atomic E-state index is 13.6. The average Bonchev–Trinajstić information content (AvgIpc) is 2.58. The molecule has 3 N–H and O–H groups in total. The number of aromatic hydroxyl groups is 2. The van der Waals surface area contributed by atoms with Crippen LogP contribution in [-0.4, -0.2) is 26.1 Å². The van der Waals surface area contributed by atoms with Gasteiger partial charge in [0, 0.05) is 5.56 Å². The van der Waals surface area contributed by atoms with Crippen molar-refractivity contribution in [3.63, 3.8) is 0 Å². The van der Waals surface area contributed by atoms with Gasteiger partial charge in [0.25, 0.3) is 5.91 Å². The third-order valence-electron chi connectivity index (χ3n) is 3.37. The summed E-state index contributed by atoms with van der Waals surface area (Å²) >= 11 is 0. The van der Waals surface area contributed by atoms with E-state index >= 15 is 0 Å². The fourth-order valence-corrected chi connectivity index (χ4v) is 2.16. The second-order valence-corrected chi connectivity index (χ2v) is 5.01. The molecule has 1 aromatic heterocycles. The highest BCUT2D eigenvalue weighted by Gasteiger charge is 2.18. The van der Waals surface area contributed by atoms with Gasteiger partial charge in [-0.15, -0.1) is 0 Å². The number of hydrogen-bond acceptors (Lipinski definition) is 5. The zero-order chi connectivity index (χ0) is 18.0. The number of rotatable bonds is 3. The number of carbonyl (C=O) groups excluding carboxylic acids is 1.